The van der Waals surface area contributed by atoms with Crippen molar-refractivity contribution in [2.24, 2.45) is 0 Å². The summed E-state index contributed by atoms with van der Waals surface area (Å²) in [6.07, 6.45) is 0.946. The maximum atomic E-state index is 12.8. The average molecular weight is 346 g/mol. The van der Waals surface area contributed by atoms with Crippen LogP contribution in [-0.4, -0.2) is 17.9 Å². The van der Waals surface area contributed by atoms with Crippen LogP contribution in [0.5, 0.6) is 5.88 Å². The highest BCUT2D eigenvalue weighted by molar-refractivity contribution is 6.10. The first-order valence-electron chi connectivity index (χ1n) is 8.67. The van der Waals surface area contributed by atoms with Crippen molar-refractivity contribution >= 4 is 11.6 Å². The molecule has 0 aliphatic carbocycles. The van der Waals surface area contributed by atoms with E-state index in [0.717, 1.165) is 12.0 Å². The summed E-state index contributed by atoms with van der Waals surface area (Å²) in [5.41, 5.74) is 3.45. The molecular weight excluding hydrogens is 324 g/mol. The number of ketones is 1. The van der Waals surface area contributed by atoms with E-state index < -0.39 is 0 Å². The highest BCUT2D eigenvalue weighted by atomic mass is 16.5. The van der Waals surface area contributed by atoms with Gasteiger partial charge >= 0.3 is 0 Å². The Morgan fingerprint density at radius 3 is 2.35 bits per heavy atom. The van der Waals surface area contributed by atoms with Crippen molar-refractivity contribution in [1.29, 1.82) is 0 Å². The third kappa shape index (κ3) is 4.09. The Balaban J connectivity index is 1.78. The first-order chi connectivity index (χ1) is 12.7. The number of nitrogens with one attached hydrogen (secondary N) is 1. The standard InChI is InChI=1S/C22H22N2O2/c1-3-16-9-11-18(12-10-16)21(25)19-13-14-20(24-22(19)26-2)23-15-17-7-5-4-6-8-17/h4-14H,3,15H2,1-2H3,(H,23,24). The van der Waals surface area contributed by atoms with Gasteiger partial charge in [-0.3, -0.25) is 4.79 Å². The highest BCUT2D eigenvalue weighted by Crippen LogP contribution is 2.22. The van der Waals surface area contributed by atoms with Gasteiger partial charge in [0, 0.05) is 12.1 Å². The van der Waals surface area contributed by atoms with Crippen molar-refractivity contribution < 1.29 is 9.53 Å². The summed E-state index contributed by atoms with van der Waals surface area (Å²) < 4.78 is 5.35. The molecule has 4 heteroatoms. The molecule has 3 rings (SSSR count). The third-order valence-electron chi connectivity index (χ3n) is 4.24. The number of benzene rings is 2. The van der Waals surface area contributed by atoms with Crippen molar-refractivity contribution in [2.45, 2.75) is 19.9 Å². The highest BCUT2D eigenvalue weighted by Gasteiger charge is 2.16. The van der Waals surface area contributed by atoms with Gasteiger partial charge in [0.15, 0.2) is 5.78 Å². The lowest BCUT2D eigenvalue weighted by atomic mass is 10.0. The molecule has 0 saturated carbocycles. The van der Waals surface area contributed by atoms with E-state index in [-0.39, 0.29) is 5.78 Å². The molecule has 1 aromatic heterocycles. The van der Waals surface area contributed by atoms with E-state index in [9.17, 15) is 4.79 Å². The molecule has 1 N–H and O–H groups in total. The van der Waals surface area contributed by atoms with Gasteiger partial charge in [0.2, 0.25) is 5.88 Å². The molecule has 0 amide bonds. The average Bonchev–Trinajstić information content (AvgIpc) is 2.72. The summed E-state index contributed by atoms with van der Waals surface area (Å²) >= 11 is 0. The summed E-state index contributed by atoms with van der Waals surface area (Å²) in [5.74, 6) is 0.905. The van der Waals surface area contributed by atoms with Crippen LogP contribution in [0.4, 0.5) is 5.82 Å². The van der Waals surface area contributed by atoms with Crippen LogP contribution < -0.4 is 10.1 Å². The molecule has 0 radical (unpaired) electrons. The molecule has 26 heavy (non-hydrogen) atoms. The number of hydrogen-bond acceptors (Lipinski definition) is 4. The van der Waals surface area contributed by atoms with E-state index in [1.165, 1.54) is 12.7 Å². The SMILES string of the molecule is CCc1ccc(C(=O)c2ccc(NCc3ccccc3)nc2OC)cc1. The van der Waals surface area contributed by atoms with Crippen LogP contribution in [0.3, 0.4) is 0 Å². The number of methoxy groups -OCH3 is 1. The second-order valence-corrected chi connectivity index (χ2v) is 5.97. The summed E-state index contributed by atoms with van der Waals surface area (Å²) in [4.78, 5) is 17.2. The fraction of sp³-hybridized carbons (Fsp3) is 0.182. The topological polar surface area (TPSA) is 51.2 Å². The lowest BCUT2D eigenvalue weighted by molar-refractivity contribution is 0.103. The molecule has 1 heterocycles. The molecular formula is C22H22N2O2. The minimum absolute atomic E-state index is 0.0911. The minimum atomic E-state index is -0.0911. The van der Waals surface area contributed by atoms with Crippen molar-refractivity contribution in [2.75, 3.05) is 12.4 Å². The van der Waals surface area contributed by atoms with E-state index in [0.29, 0.717) is 29.4 Å². The number of carbonyl (C=O) groups excluding carboxylic acids is 1. The van der Waals surface area contributed by atoms with E-state index in [4.69, 9.17) is 4.74 Å². The zero-order chi connectivity index (χ0) is 18.4. The summed E-state index contributed by atoms with van der Waals surface area (Å²) in [7, 11) is 1.53. The van der Waals surface area contributed by atoms with Crippen LogP contribution >= 0.6 is 0 Å². The molecule has 0 aliphatic rings. The molecule has 0 fully saturated rings. The molecule has 0 unspecified atom stereocenters. The third-order valence-corrected chi connectivity index (χ3v) is 4.24. The number of ether oxygens (including phenoxy) is 1. The Morgan fingerprint density at radius 2 is 1.69 bits per heavy atom. The van der Waals surface area contributed by atoms with Gasteiger partial charge in [-0.25, -0.2) is 0 Å². The number of carbonyl (C=O) groups is 1. The van der Waals surface area contributed by atoms with E-state index in [2.05, 4.69) is 17.2 Å². The first-order valence-corrected chi connectivity index (χ1v) is 8.67. The van der Waals surface area contributed by atoms with Crippen LogP contribution in [0, 0.1) is 0 Å². The zero-order valence-electron chi connectivity index (χ0n) is 15.0. The molecule has 0 atom stereocenters. The Hall–Kier alpha value is -3.14. The Labute approximate surface area is 153 Å². The first kappa shape index (κ1) is 17.7. The van der Waals surface area contributed by atoms with E-state index in [1.54, 1.807) is 12.1 Å². The second kappa shape index (κ2) is 8.30. The minimum Gasteiger partial charge on any atom is -0.480 e. The van der Waals surface area contributed by atoms with Gasteiger partial charge in [0.1, 0.15) is 5.82 Å². The number of anilines is 1. The summed E-state index contributed by atoms with van der Waals surface area (Å²) in [6.45, 7) is 2.74. The van der Waals surface area contributed by atoms with Crippen molar-refractivity contribution in [3.05, 3.63) is 89.0 Å². The van der Waals surface area contributed by atoms with Gasteiger partial charge < -0.3 is 10.1 Å². The quantitative estimate of drug-likeness (QED) is 0.640. The fourth-order valence-electron chi connectivity index (χ4n) is 2.70. The van der Waals surface area contributed by atoms with Gasteiger partial charge in [-0.1, -0.05) is 61.5 Å². The summed E-state index contributed by atoms with van der Waals surface area (Å²) in [5, 5.41) is 3.25. The molecule has 4 nitrogen and oxygen atoms in total. The van der Waals surface area contributed by atoms with Gasteiger partial charge in [0.25, 0.3) is 0 Å². The maximum Gasteiger partial charge on any atom is 0.226 e. The number of hydrogen-bond donors (Lipinski definition) is 1. The zero-order valence-corrected chi connectivity index (χ0v) is 15.0. The van der Waals surface area contributed by atoms with Crippen LogP contribution in [0.2, 0.25) is 0 Å². The number of aromatic nitrogens is 1. The Bertz CT molecular complexity index is 874. The van der Waals surface area contributed by atoms with Crippen LogP contribution in [0.25, 0.3) is 0 Å². The number of rotatable bonds is 7. The molecule has 0 aliphatic heterocycles. The Kier molecular flexibility index (Phi) is 5.64. The number of nitrogens with zero attached hydrogens (tertiary/aromatic N) is 1. The predicted octanol–water partition coefficient (Wildman–Crippen LogP) is 4.50. The van der Waals surface area contributed by atoms with Gasteiger partial charge in [-0.2, -0.15) is 4.98 Å². The lowest BCUT2D eigenvalue weighted by Gasteiger charge is -2.11. The smallest absolute Gasteiger partial charge is 0.226 e. The van der Waals surface area contributed by atoms with Gasteiger partial charge in [-0.05, 0) is 29.7 Å². The summed E-state index contributed by atoms with van der Waals surface area (Å²) in [6, 6.07) is 21.3. The second-order valence-electron chi connectivity index (χ2n) is 5.97. The number of aryl methyl sites for hydroxylation is 1. The van der Waals surface area contributed by atoms with Crippen molar-refractivity contribution in [1.82, 2.24) is 4.98 Å². The van der Waals surface area contributed by atoms with E-state index in [1.807, 2.05) is 54.6 Å². The lowest BCUT2D eigenvalue weighted by Crippen LogP contribution is -2.08. The monoisotopic (exact) mass is 346 g/mol. The van der Waals surface area contributed by atoms with Crippen LogP contribution in [-0.2, 0) is 13.0 Å². The van der Waals surface area contributed by atoms with Gasteiger partial charge in [-0.15, -0.1) is 0 Å². The maximum absolute atomic E-state index is 12.8. The molecule has 3 aromatic rings. The molecule has 132 valence electrons. The van der Waals surface area contributed by atoms with Gasteiger partial charge in [0.05, 0.1) is 12.7 Å². The van der Waals surface area contributed by atoms with Crippen LogP contribution in [0.15, 0.2) is 66.7 Å². The molecule has 0 spiro atoms. The molecule has 0 bridgehead atoms. The van der Waals surface area contributed by atoms with E-state index >= 15 is 0 Å². The molecule has 2 aromatic carbocycles. The molecule has 0 saturated heterocycles. The normalized spacial score (nSPS) is 10.4. The van der Waals surface area contributed by atoms with Crippen molar-refractivity contribution in [3.63, 3.8) is 0 Å². The number of pyridine rings is 1. The predicted molar refractivity (Wildman–Crippen MR) is 104 cm³/mol. The Morgan fingerprint density at radius 1 is 0.962 bits per heavy atom. The fourth-order valence-corrected chi connectivity index (χ4v) is 2.70. The largest absolute Gasteiger partial charge is 0.480 e. The van der Waals surface area contributed by atoms with Crippen LogP contribution in [0.1, 0.15) is 34.0 Å². The van der Waals surface area contributed by atoms with Crippen molar-refractivity contribution in [3.8, 4) is 5.88 Å².